The molecule has 2 amide bonds. The van der Waals surface area contributed by atoms with Crippen LogP contribution in [0.25, 0.3) is 0 Å². The van der Waals surface area contributed by atoms with Gasteiger partial charge >= 0.3 is 6.03 Å². The first-order valence-electron chi connectivity index (χ1n) is 10.1. The molecular formula is C21H26N8O2. The molecule has 10 heteroatoms. The third kappa shape index (κ3) is 4.15. The molecule has 1 aliphatic rings. The first-order valence-corrected chi connectivity index (χ1v) is 10.1. The van der Waals surface area contributed by atoms with Crippen LogP contribution in [0.2, 0.25) is 0 Å². The molecule has 1 aliphatic heterocycles. The highest BCUT2D eigenvalue weighted by Crippen LogP contribution is 2.33. The number of nitrogens with one attached hydrogen (secondary N) is 3. The molecule has 162 valence electrons. The van der Waals surface area contributed by atoms with Crippen LogP contribution in [-0.4, -0.2) is 27.2 Å². The molecule has 31 heavy (non-hydrogen) atoms. The van der Waals surface area contributed by atoms with Gasteiger partial charge in [-0.1, -0.05) is 32.9 Å². The number of aromatic nitrogens is 3. The normalized spacial score (nSPS) is 16.0. The number of hydrogen-bond donors (Lipinski definition) is 4. The molecule has 2 aromatic heterocycles. The molecule has 1 aromatic carbocycles. The van der Waals surface area contributed by atoms with E-state index in [9.17, 15) is 4.79 Å². The number of carbonyl (C=O) groups excluding carboxylic acids is 1. The molecule has 0 saturated heterocycles. The standard InChI is InChI=1S/C21H26N8O2/c1-5-14-18-15(11-23-27-18)29(22)19(25-14)12-6-8-13(9-7-12)24-20(30)26-17-10-16(31-28-17)21(2,3)4/h6-11,14H,5,22H2,1-4H3,(H,23,27)(H2,24,26,28,30). The lowest BCUT2D eigenvalue weighted by Gasteiger charge is -2.28. The lowest BCUT2D eigenvalue weighted by molar-refractivity contribution is 0.262. The second-order valence-electron chi connectivity index (χ2n) is 8.40. The van der Waals surface area contributed by atoms with Crippen LogP contribution in [0.3, 0.4) is 0 Å². The number of hydrazine groups is 1. The first-order chi connectivity index (χ1) is 14.8. The summed E-state index contributed by atoms with van der Waals surface area (Å²) in [6.45, 7) is 8.09. The van der Waals surface area contributed by atoms with Crippen LogP contribution in [-0.2, 0) is 5.41 Å². The molecule has 0 saturated carbocycles. The van der Waals surface area contributed by atoms with Gasteiger partial charge in [-0.2, -0.15) is 5.10 Å². The van der Waals surface area contributed by atoms with Crippen LogP contribution in [0.5, 0.6) is 0 Å². The number of nitrogens with two attached hydrogens (primary N) is 1. The fourth-order valence-corrected chi connectivity index (χ4v) is 3.29. The van der Waals surface area contributed by atoms with Gasteiger partial charge in [-0.05, 0) is 30.7 Å². The van der Waals surface area contributed by atoms with E-state index in [1.807, 2.05) is 32.9 Å². The number of fused-ring (bicyclic) bond motifs is 1. The minimum atomic E-state index is -0.411. The number of aromatic amines is 1. The van der Waals surface area contributed by atoms with Crippen LogP contribution in [0.15, 0.2) is 46.0 Å². The number of benzene rings is 1. The predicted octanol–water partition coefficient (Wildman–Crippen LogP) is 3.93. The van der Waals surface area contributed by atoms with Crippen molar-refractivity contribution in [1.29, 1.82) is 0 Å². The summed E-state index contributed by atoms with van der Waals surface area (Å²) in [6.07, 6.45) is 2.52. The minimum Gasteiger partial charge on any atom is -0.359 e. The zero-order chi connectivity index (χ0) is 22.2. The maximum absolute atomic E-state index is 12.3. The van der Waals surface area contributed by atoms with Gasteiger partial charge in [0.05, 0.1) is 17.9 Å². The Morgan fingerprint density at radius 2 is 2.00 bits per heavy atom. The van der Waals surface area contributed by atoms with Crippen molar-refractivity contribution in [1.82, 2.24) is 15.4 Å². The van der Waals surface area contributed by atoms with Crippen LogP contribution < -0.4 is 21.5 Å². The van der Waals surface area contributed by atoms with Crippen molar-refractivity contribution < 1.29 is 9.32 Å². The average Bonchev–Trinajstić information content (AvgIpc) is 3.39. The molecule has 3 heterocycles. The van der Waals surface area contributed by atoms with Gasteiger partial charge in [-0.15, -0.1) is 0 Å². The quantitative estimate of drug-likeness (QED) is 0.470. The van der Waals surface area contributed by atoms with Crippen LogP contribution in [0.1, 0.15) is 57.2 Å². The van der Waals surface area contributed by atoms with Crippen LogP contribution in [0.4, 0.5) is 22.0 Å². The van der Waals surface area contributed by atoms with Crippen LogP contribution in [0, 0.1) is 0 Å². The summed E-state index contributed by atoms with van der Waals surface area (Å²) in [5.74, 6) is 7.97. The number of hydrogen-bond acceptors (Lipinski definition) is 7. The number of rotatable bonds is 4. The largest absolute Gasteiger partial charge is 0.359 e. The van der Waals surface area contributed by atoms with Gasteiger partial charge in [-0.25, -0.2) is 10.6 Å². The van der Waals surface area contributed by atoms with E-state index in [-0.39, 0.29) is 11.5 Å². The number of anilines is 3. The molecule has 10 nitrogen and oxygen atoms in total. The fourth-order valence-electron chi connectivity index (χ4n) is 3.29. The van der Waals surface area contributed by atoms with Gasteiger partial charge in [0.25, 0.3) is 0 Å². The third-order valence-electron chi connectivity index (χ3n) is 5.03. The van der Waals surface area contributed by atoms with E-state index in [0.717, 1.165) is 23.4 Å². The number of carbonyl (C=O) groups is 1. The highest BCUT2D eigenvalue weighted by atomic mass is 16.5. The fraction of sp³-hybridized carbons (Fsp3) is 0.333. The Morgan fingerprint density at radius 3 is 2.65 bits per heavy atom. The lowest BCUT2D eigenvalue weighted by Crippen LogP contribution is -2.41. The molecule has 1 atom stereocenters. The van der Waals surface area contributed by atoms with E-state index >= 15 is 0 Å². The Kier molecular flexibility index (Phi) is 5.24. The van der Waals surface area contributed by atoms with Gasteiger partial charge < -0.3 is 9.84 Å². The molecular weight excluding hydrogens is 396 g/mol. The second-order valence-corrected chi connectivity index (χ2v) is 8.40. The van der Waals surface area contributed by atoms with E-state index in [0.29, 0.717) is 23.1 Å². The summed E-state index contributed by atoms with van der Waals surface area (Å²) in [7, 11) is 0. The molecule has 0 bridgehead atoms. The molecule has 0 spiro atoms. The van der Waals surface area contributed by atoms with Crippen molar-refractivity contribution in [3.63, 3.8) is 0 Å². The van der Waals surface area contributed by atoms with Crippen molar-refractivity contribution >= 4 is 29.1 Å². The third-order valence-corrected chi connectivity index (χ3v) is 5.03. The SMILES string of the molecule is CCC1N=C(c2ccc(NC(=O)Nc3cc(C(C)(C)C)on3)cc2)N(N)c2cn[nH]c21. The Hall–Kier alpha value is -3.66. The van der Waals surface area contributed by atoms with Crippen molar-refractivity contribution in [3.05, 3.63) is 53.5 Å². The van der Waals surface area contributed by atoms with Crippen molar-refractivity contribution in [2.24, 2.45) is 10.8 Å². The van der Waals surface area contributed by atoms with E-state index < -0.39 is 6.03 Å². The summed E-state index contributed by atoms with van der Waals surface area (Å²) >= 11 is 0. The number of amidine groups is 1. The zero-order valence-electron chi connectivity index (χ0n) is 17.9. The number of H-pyrrole nitrogens is 1. The Labute approximate surface area is 179 Å². The second kappa shape index (κ2) is 7.88. The Morgan fingerprint density at radius 1 is 1.26 bits per heavy atom. The summed E-state index contributed by atoms with van der Waals surface area (Å²) in [6, 6.07) is 8.58. The van der Waals surface area contributed by atoms with E-state index in [1.54, 1.807) is 24.4 Å². The van der Waals surface area contributed by atoms with Gasteiger partial charge in [0, 0.05) is 22.7 Å². The first kappa shape index (κ1) is 20.6. The molecule has 1 unspecified atom stereocenters. The maximum Gasteiger partial charge on any atom is 0.324 e. The number of urea groups is 1. The summed E-state index contributed by atoms with van der Waals surface area (Å²) in [4.78, 5) is 17.1. The van der Waals surface area contributed by atoms with Gasteiger partial charge in [0.2, 0.25) is 0 Å². The summed E-state index contributed by atoms with van der Waals surface area (Å²) < 4.78 is 5.28. The highest BCUT2D eigenvalue weighted by molar-refractivity contribution is 6.10. The Balaban J connectivity index is 1.44. The highest BCUT2D eigenvalue weighted by Gasteiger charge is 2.27. The average molecular weight is 422 g/mol. The summed E-state index contributed by atoms with van der Waals surface area (Å²) in [5.41, 5.74) is 2.99. The van der Waals surface area contributed by atoms with E-state index in [1.165, 1.54) is 5.01 Å². The smallest absolute Gasteiger partial charge is 0.324 e. The van der Waals surface area contributed by atoms with Gasteiger partial charge in [0.15, 0.2) is 11.7 Å². The maximum atomic E-state index is 12.3. The number of aliphatic imine (C=N–C) groups is 1. The van der Waals surface area contributed by atoms with Crippen LogP contribution >= 0.6 is 0 Å². The molecule has 0 radical (unpaired) electrons. The van der Waals surface area contributed by atoms with E-state index in [4.69, 9.17) is 15.4 Å². The minimum absolute atomic E-state index is 0.0312. The Bertz CT molecular complexity index is 1110. The lowest BCUT2D eigenvalue weighted by atomic mass is 9.93. The number of nitrogens with zero attached hydrogens (tertiary/aromatic N) is 4. The molecule has 0 aliphatic carbocycles. The van der Waals surface area contributed by atoms with Crippen molar-refractivity contribution in [2.45, 2.75) is 45.6 Å². The predicted molar refractivity (Wildman–Crippen MR) is 119 cm³/mol. The molecule has 4 rings (SSSR count). The van der Waals surface area contributed by atoms with Gasteiger partial charge in [0.1, 0.15) is 11.4 Å². The van der Waals surface area contributed by atoms with Crippen molar-refractivity contribution in [3.8, 4) is 0 Å². The van der Waals surface area contributed by atoms with Gasteiger partial charge in [-0.3, -0.25) is 20.4 Å². The number of amides is 2. The monoisotopic (exact) mass is 422 g/mol. The van der Waals surface area contributed by atoms with E-state index in [2.05, 4.69) is 32.9 Å². The van der Waals surface area contributed by atoms with Crippen molar-refractivity contribution in [2.75, 3.05) is 15.6 Å². The summed E-state index contributed by atoms with van der Waals surface area (Å²) in [5, 5.41) is 17.9. The molecule has 5 N–H and O–H groups in total. The molecule has 0 fully saturated rings. The zero-order valence-corrected chi connectivity index (χ0v) is 17.9. The topological polar surface area (TPSA) is 137 Å². The molecule has 3 aromatic rings.